The highest BCUT2D eigenvalue weighted by molar-refractivity contribution is 6.39. The van der Waals surface area contributed by atoms with Crippen molar-refractivity contribution >= 4 is 15.7 Å². The fourth-order valence-corrected chi connectivity index (χ4v) is 2.40. The van der Waals surface area contributed by atoms with Gasteiger partial charge < -0.3 is 0 Å². The lowest BCUT2D eigenvalue weighted by Gasteiger charge is -2.20. The van der Waals surface area contributed by atoms with Gasteiger partial charge >= 0.3 is 0 Å². The van der Waals surface area contributed by atoms with Crippen molar-refractivity contribution in [2.45, 2.75) is 12.1 Å². The third-order valence-corrected chi connectivity index (χ3v) is 3.67. The normalized spacial score (nSPS) is 11.3. The van der Waals surface area contributed by atoms with E-state index < -0.39 is 5.21 Å². The first-order valence-electron chi connectivity index (χ1n) is 7.24. The Bertz CT molecular complexity index is 759. The number of nitrogens with zero attached hydrogens (tertiary/aromatic N) is 1. The molecule has 0 spiro atoms. The number of hydrogen-bond acceptors (Lipinski definition) is 1. The fourth-order valence-electron chi connectivity index (χ4n) is 2.40. The molecular formula is C19H15B2N. The smallest absolute Gasteiger partial charge is 0.0708 e. The van der Waals surface area contributed by atoms with E-state index in [0.717, 1.165) is 27.9 Å². The molecule has 0 N–H and O–H groups in total. The summed E-state index contributed by atoms with van der Waals surface area (Å²) in [5.41, 5.74) is 5.22. The van der Waals surface area contributed by atoms with Crippen LogP contribution in [0.5, 0.6) is 0 Å². The van der Waals surface area contributed by atoms with E-state index in [-0.39, 0.29) is 0 Å². The molecule has 22 heavy (non-hydrogen) atoms. The molecule has 3 heteroatoms. The molecule has 0 bridgehead atoms. The molecule has 0 amide bonds. The third-order valence-electron chi connectivity index (χ3n) is 3.67. The van der Waals surface area contributed by atoms with Gasteiger partial charge in [0.05, 0.1) is 21.4 Å². The van der Waals surface area contributed by atoms with Gasteiger partial charge in [-0.05, 0) is 23.3 Å². The Balaban J connectivity index is 1.96. The lowest BCUT2D eigenvalue weighted by molar-refractivity contribution is 0.973. The third kappa shape index (κ3) is 3.14. The molecule has 0 saturated heterocycles. The minimum Gasteiger partial charge on any atom is -0.256 e. The Morgan fingerprint density at radius 2 is 1.45 bits per heavy atom. The summed E-state index contributed by atoms with van der Waals surface area (Å²) in [7, 11) is 11.8. The van der Waals surface area contributed by atoms with Crippen LogP contribution in [0.15, 0.2) is 72.9 Å². The van der Waals surface area contributed by atoms with Gasteiger partial charge in [-0.1, -0.05) is 72.3 Å². The molecule has 102 valence electrons. The van der Waals surface area contributed by atoms with Crippen LogP contribution in [0.25, 0.3) is 22.4 Å². The highest BCUT2D eigenvalue weighted by atomic mass is 14.7. The van der Waals surface area contributed by atoms with Crippen molar-refractivity contribution in [3.63, 3.8) is 0 Å². The molecule has 0 fully saturated rings. The maximum atomic E-state index is 5.91. The summed E-state index contributed by atoms with van der Waals surface area (Å²) in [5, 5.41) is -0.814. The van der Waals surface area contributed by atoms with Crippen molar-refractivity contribution in [1.29, 1.82) is 0 Å². The van der Waals surface area contributed by atoms with E-state index in [1.807, 2.05) is 54.7 Å². The molecule has 0 unspecified atom stereocenters. The van der Waals surface area contributed by atoms with Crippen LogP contribution in [0.2, 0.25) is 0 Å². The van der Waals surface area contributed by atoms with E-state index in [1.165, 1.54) is 0 Å². The molecule has 1 nitrogen and oxygen atoms in total. The summed E-state index contributed by atoms with van der Waals surface area (Å²) < 4.78 is 0. The van der Waals surface area contributed by atoms with Gasteiger partial charge in [-0.3, -0.25) is 4.98 Å². The van der Waals surface area contributed by atoms with Crippen LogP contribution in [0.4, 0.5) is 0 Å². The molecule has 0 aliphatic rings. The van der Waals surface area contributed by atoms with Crippen LogP contribution in [0, 0.1) is 0 Å². The number of aromatic nitrogens is 1. The molecule has 2 aromatic carbocycles. The second-order valence-corrected chi connectivity index (χ2v) is 5.66. The van der Waals surface area contributed by atoms with Crippen molar-refractivity contribution in [1.82, 2.24) is 4.98 Å². The van der Waals surface area contributed by atoms with Gasteiger partial charge in [-0.15, -0.1) is 0 Å². The lowest BCUT2D eigenvalue weighted by atomic mass is 9.52. The van der Waals surface area contributed by atoms with E-state index in [4.69, 9.17) is 15.7 Å². The lowest BCUT2D eigenvalue weighted by Crippen LogP contribution is -2.21. The van der Waals surface area contributed by atoms with Crippen LogP contribution in [-0.4, -0.2) is 20.7 Å². The van der Waals surface area contributed by atoms with Crippen LogP contribution in [0.1, 0.15) is 12.5 Å². The summed E-state index contributed by atoms with van der Waals surface area (Å²) in [6.07, 6.45) is 1.83. The Morgan fingerprint density at radius 1 is 0.773 bits per heavy atom. The first-order chi connectivity index (χ1) is 10.5. The average molecular weight is 279 g/mol. The summed E-state index contributed by atoms with van der Waals surface area (Å²) in [6, 6.07) is 22.3. The summed E-state index contributed by atoms with van der Waals surface area (Å²) in [4.78, 5) is 4.45. The predicted octanol–water partition coefficient (Wildman–Crippen LogP) is 3.93. The first-order valence-corrected chi connectivity index (χ1v) is 7.24. The van der Waals surface area contributed by atoms with Crippen LogP contribution in [0.3, 0.4) is 0 Å². The highest BCUT2D eigenvalue weighted by Crippen LogP contribution is 2.26. The Labute approximate surface area is 134 Å². The molecule has 3 rings (SSSR count). The zero-order chi connectivity index (χ0) is 15.6. The Kier molecular flexibility index (Phi) is 3.89. The second-order valence-electron chi connectivity index (χ2n) is 5.66. The molecular weight excluding hydrogens is 264 g/mol. The zero-order valence-corrected chi connectivity index (χ0v) is 12.5. The number of benzene rings is 2. The van der Waals surface area contributed by atoms with Crippen molar-refractivity contribution in [2.75, 3.05) is 0 Å². The van der Waals surface area contributed by atoms with Gasteiger partial charge in [0, 0.05) is 11.8 Å². The fraction of sp³-hybridized carbons (Fsp3) is 0.105. The summed E-state index contributed by atoms with van der Waals surface area (Å²) in [5.74, 6) is 0. The zero-order valence-electron chi connectivity index (χ0n) is 12.5. The summed E-state index contributed by atoms with van der Waals surface area (Å²) in [6.45, 7) is 1.79. The monoisotopic (exact) mass is 279 g/mol. The largest absolute Gasteiger partial charge is 0.256 e. The maximum absolute atomic E-state index is 5.91. The first kappa shape index (κ1) is 14.6. The SMILES string of the molecule is [B]C([B])(C)c1ccc(-c2ccnc(-c3ccccc3)c2)cc1. The molecule has 0 aliphatic heterocycles. The molecule has 1 aromatic heterocycles. The van der Waals surface area contributed by atoms with Gasteiger partial charge in [0.1, 0.15) is 0 Å². The van der Waals surface area contributed by atoms with Crippen LogP contribution in [-0.2, 0) is 5.21 Å². The predicted molar refractivity (Wildman–Crippen MR) is 94.0 cm³/mol. The van der Waals surface area contributed by atoms with Gasteiger partial charge in [-0.25, -0.2) is 0 Å². The van der Waals surface area contributed by atoms with Crippen molar-refractivity contribution < 1.29 is 0 Å². The second kappa shape index (κ2) is 5.84. The molecule has 0 atom stereocenters. The van der Waals surface area contributed by atoms with E-state index >= 15 is 0 Å². The Morgan fingerprint density at radius 3 is 2.09 bits per heavy atom. The van der Waals surface area contributed by atoms with Crippen molar-refractivity contribution in [2.24, 2.45) is 0 Å². The van der Waals surface area contributed by atoms with Crippen molar-refractivity contribution in [3.8, 4) is 22.4 Å². The van der Waals surface area contributed by atoms with Gasteiger partial charge in [0.2, 0.25) is 0 Å². The van der Waals surface area contributed by atoms with E-state index in [1.54, 1.807) is 6.92 Å². The minimum absolute atomic E-state index is 0.814. The van der Waals surface area contributed by atoms with Crippen LogP contribution < -0.4 is 0 Å². The minimum atomic E-state index is -0.814. The quantitative estimate of drug-likeness (QED) is 0.662. The molecule has 4 radical (unpaired) electrons. The standard InChI is InChI=1S/C19H15B2N/c1-19(20,21)17-9-7-14(8-10-17)16-11-12-22-18(13-16)15-5-3-2-4-6-15/h2-13H,1H3. The number of rotatable bonds is 3. The van der Waals surface area contributed by atoms with E-state index in [9.17, 15) is 0 Å². The van der Waals surface area contributed by atoms with Crippen LogP contribution >= 0.6 is 0 Å². The van der Waals surface area contributed by atoms with Crippen molar-refractivity contribution in [3.05, 3.63) is 78.5 Å². The number of pyridine rings is 1. The molecule has 0 saturated carbocycles. The van der Waals surface area contributed by atoms with Gasteiger partial charge in [0.25, 0.3) is 0 Å². The van der Waals surface area contributed by atoms with Gasteiger partial charge in [-0.2, -0.15) is 0 Å². The molecule has 3 aromatic rings. The average Bonchev–Trinajstić information content (AvgIpc) is 2.55. The molecule has 0 aliphatic carbocycles. The maximum Gasteiger partial charge on any atom is 0.0708 e. The topological polar surface area (TPSA) is 12.9 Å². The summed E-state index contributed by atoms with van der Waals surface area (Å²) >= 11 is 0. The van der Waals surface area contributed by atoms with Gasteiger partial charge in [0.15, 0.2) is 0 Å². The Hall–Kier alpha value is -2.28. The number of hydrogen-bond donors (Lipinski definition) is 0. The van der Waals surface area contributed by atoms with E-state index in [0.29, 0.717) is 0 Å². The highest BCUT2D eigenvalue weighted by Gasteiger charge is 2.12. The molecule has 1 heterocycles. The van der Waals surface area contributed by atoms with E-state index in [2.05, 4.69) is 23.2 Å².